The van der Waals surface area contributed by atoms with E-state index in [0.717, 1.165) is 24.5 Å². The fourth-order valence-electron chi connectivity index (χ4n) is 0.164. The minimum absolute atomic E-state index is 0.495. The zero-order valence-electron chi connectivity index (χ0n) is 2.81. The van der Waals surface area contributed by atoms with Crippen molar-refractivity contribution < 1.29 is 4.21 Å². The monoisotopic (exact) mass is 89.0 g/mol. The average Bonchev–Trinajstić information content (AvgIpc) is 2.12. The molecule has 1 aliphatic carbocycles. The lowest BCUT2D eigenvalue weighted by molar-refractivity contribution is 0.604. The topological polar surface area (TPSA) is 17.1 Å². The highest BCUT2D eigenvalue weighted by Gasteiger charge is 2.34. The molecule has 0 saturated heterocycles. The number of hydrogen-bond donors (Lipinski definition) is 0. The normalized spacial score (nSPS) is 22.4. The highest BCUT2D eigenvalue weighted by Crippen LogP contribution is 2.20. The minimum Gasteiger partial charge on any atom is 0.0145 e. The summed E-state index contributed by atoms with van der Waals surface area (Å²) in [5, 5.41) is 0.495. The second-order valence-electron chi connectivity index (χ2n) is 1.30. The SMILES string of the molecule is O=[S+]C1CC1. The first-order valence-electron chi connectivity index (χ1n) is 1.72. The van der Waals surface area contributed by atoms with Crippen LogP contribution in [0.25, 0.3) is 0 Å². The minimum atomic E-state index is 0.495. The van der Waals surface area contributed by atoms with Crippen molar-refractivity contribution in [3.05, 3.63) is 0 Å². The Balaban J connectivity index is 2.21. The van der Waals surface area contributed by atoms with Gasteiger partial charge in [-0.1, -0.05) is 0 Å². The lowest BCUT2D eigenvalue weighted by Crippen LogP contribution is -1.66. The summed E-state index contributed by atoms with van der Waals surface area (Å²) in [4.78, 5) is 0. The molecule has 0 radical (unpaired) electrons. The summed E-state index contributed by atoms with van der Waals surface area (Å²) in [5.41, 5.74) is 0. The molecule has 0 aromatic carbocycles. The van der Waals surface area contributed by atoms with E-state index in [1.807, 2.05) is 0 Å². The predicted molar refractivity (Wildman–Crippen MR) is 21.1 cm³/mol. The zero-order valence-corrected chi connectivity index (χ0v) is 3.62. The van der Waals surface area contributed by atoms with Gasteiger partial charge in [0, 0.05) is 17.1 Å². The van der Waals surface area contributed by atoms with Crippen molar-refractivity contribution >= 4 is 11.7 Å². The van der Waals surface area contributed by atoms with Gasteiger partial charge >= 0.3 is 11.7 Å². The third kappa shape index (κ3) is 0.651. The average molecular weight is 89.1 g/mol. The van der Waals surface area contributed by atoms with Gasteiger partial charge in [-0.2, -0.15) is 0 Å². The van der Waals surface area contributed by atoms with Crippen molar-refractivity contribution in [2.45, 2.75) is 18.1 Å². The summed E-state index contributed by atoms with van der Waals surface area (Å²) < 4.78 is 9.61. The van der Waals surface area contributed by atoms with E-state index >= 15 is 0 Å². The van der Waals surface area contributed by atoms with E-state index in [1.165, 1.54) is 0 Å². The molecule has 0 aromatic heterocycles. The Morgan fingerprint density at radius 3 is 2.20 bits per heavy atom. The van der Waals surface area contributed by atoms with Crippen LogP contribution >= 0.6 is 0 Å². The molecule has 1 saturated carbocycles. The van der Waals surface area contributed by atoms with E-state index in [1.54, 1.807) is 0 Å². The van der Waals surface area contributed by atoms with Crippen LogP contribution in [0, 0.1) is 0 Å². The van der Waals surface area contributed by atoms with E-state index in [4.69, 9.17) is 0 Å². The highest BCUT2D eigenvalue weighted by molar-refractivity contribution is 7.66. The third-order valence-electron chi connectivity index (χ3n) is 0.660. The lowest BCUT2D eigenvalue weighted by atomic mass is 11.0. The number of rotatable bonds is 1. The van der Waals surface area contributed by atoms with E-state index in [0.29, 0.717) is 5.25 Å². The van der Waals surface area contributed by atoms with E-state index in [2.05, 4.69) is 0 Å². The first-order chi connectivity index (χ1) is 2.43. The van der Waals surface area contributed by atoms with Crippen molar-refractivity contribution in [3.63, 3.8) is 0 Å². The molecule has 0 bridgehead atoms. The quantitative estimate of drug-likeness (QED) is 0.429. The van der Waals surface area contributed by atoms with Crippen LogP contribution < -0.4 is 0 Å². The lowest BCUT2D eigenvalue weighted by Gasteiger charge is -1.32. The van der Waals surface area contributed by atoms with Gasteiger partial charge in [-0.3, -0.25) is 0 Å². The molecule has 0 unspecified atom stereocenters. The predicted octanol–water partition coefficient (Wildman–Crippen LogP) is 0.577. The molecule has 1 aliphatic rings. The largest absolute Gasteiger partial charge is 0.462 e. The van der Waals surface area contributed by atoms with Crippen LogP contribution in [0.5, 0.6) is 0 Å². The highest BCUT2D eigenvalue weighted by atomic mass is 32.1. The van der Waals surface area contributed by atoms with Gasteiger partial charge in [0.15, 0.2) is 0 Å². The Kier molecular flexibility index (Phi) is 0.651. The van der Waals surface area contributed by atoms with Gasteiger partial charge in [0.05, 0.1) is 0 Å². The maximum atomic E-state index is 9.61. The van der Waals surface area contributed by atoms with Crippen molar-refractivity contribution in [1.82, 2.24) is 0 Å². The first-order valence-corrected chi connectivity index (χ1v) is 2.52. The smallest absolute Gasteiger partial charge is 0.0145 e. The summed E-state index contributed by atoms with van der Waals surface area (Å²) in [6.07, 6.45) is 2.32. The summed E-state index contributed by atoms with van der Waals surface area (Å²) in [5.74, 6) is 0. The van der Waals surface area contributed by atoms with Crippen molar-refractivity contribution in [2.75, 3.05) is 0 Å². The molecule has 2 heteroatoms. The zero-order chi connectivity index (χ0) is 3.70. The van der Waals surface area contributed by atoms with Crippen LogP contribution in [0.15, 0.2) is 0 Å². The molecule has 0 spiro atoms. The van der Waals surface area contributed by atoms with Crippen LogP contribution in [0.1, 0.15) is 12.8 Å². The fourth-order valence-corrected chi connectivity index (χ4v) is 0.493. The van der Waals surface area contributed by atoms with Crippen LogP contribution in [0.3, 0.4) is 0 Å². The maximum Gasteiger partial charge on any atom is 0.462 e. The van der Waals surface area contributed by atoms with Gasteiger partial charge in [0.25, 0.3) is 0 Å². The van der Waals surface area contributed by atoms with Gasteiger partial charge < -0.3 is 0 Å². The third-order valence-corrected chi connectivity index (χ3v) is 1.40. The maximum absolute atomic E-state index is 9.61. The molecule has 0 aliphatic heterocycles. The second-order valence-corrected chi connectivity index (χ2v) is 2.15. The van der Waals surface area contributed by atoms with Crippen molar-refractivity contribution in [1.29, 1.82) is 0 Å². The van der Waals surface area contributed by atoms with E-state index in [9.17, 15) is 4.21 Å². The van der Waals surface area contributed by atoms with Gasteiger partial charge in [0.1, 0.15) is 0 Å². The van der Waals surface area contributed by atoms with Gasteiger partial charge in [-0.05, 0) is 0 Å². The van der Waals surface area contributed by atoms with Crippen LogP contribution in [0.4, 0.5) is 0 Å². The van der Waals surface area contributed by atoms with Gasteiger partial charge in [0.2, 0.25) is 5.25 Å². The Bertz CT molecular complexity index is 48.9. The Hall–Kier alpha value is 0.0200. The number of hydrogen-bond acceptors (Lipinski definition) is 1. The van der Waals surface area contributed by atoms with E-state index < -0.39 is 0 Å². The van der Waals surface area contributed by atoms with Crippen LogP contribution in [-0.2, 0) is 15.9 Å². The van der Waals surface area contributed by atoms with Crippen molar-refractivity contribution in [3.8, 4) is 0 Å². The fraction of sp³-hybridized carbons (Fsp3) is 1.00. The summed E-state index contributed by atoms with van der Waals surface area (Å²) >= 11 is 0.741. The molecule has 0 atom stereocenters. The summed E-state index contributed by atoms with van der Waals surface area (Å²) in [6.45, 7) is 0. The van der Waals surface area contributed by atoms with Gasteiger partial charge in [-0.15, -0.1) is 0 Å². The molecule has 0 heterocycles. The Labute approximate surface area is 34.9 Å². The molecule has 1 rings (SSSR count). The summed E-state index contributed by atoms with van der Waals surface area (Å²) in [6, 6.07) is 0. The molecule has 0 aromatic rings. The molecular formula is C3H5OS+. The molecular weight excluding hydrogens is 84.1 g/mol. The molecule has 28 valence electrons. The molecule has 0 amide bonds. The Morgan fingerprint density at radius 2 is 2.20 bits per heavy atom. The first kappa shape index (κ1) is 3.22. The standard InChI is InChI=1S/C3H5OS/c4-5-3-1-2-3/h3H,1-2H2/q+1. The molecule has 5 heavy (non-hydrogen) atoms. The van der Waals surface area contributed by atoms with Crippen LogP contribution in [-0.4, -0.2) is 5.25 Å². The molecule has 0 N–H and O–H groups in total. The Morgan fingerprint density at radius 1 is 1.60 bits per heavy atom. The van der Waals surface area contributed by atoms with Gasteiger partial charge in [-0.25, -0.2) is 0 Å². The second kappa shape index (κ2) is 1.01. The molecule has 1 nitrogen and oxygen atoms in total. The molecule has 1 fully saturated rings. The summed E-state index contributed by atoms with van der Waals surface area (Å²) in [7, 11) is 0. The van der Waals surface area contributed by atoms with E-state index in [-0.39, 0.29) is 0 Å². The van der Waals surface area contributed by atoms with Crippen molar-refractivity contribution in [2.24, 2.45) is 0 Å². The van der Waals surface area contributed by atoms with Crippen LogP contribution in [0.2, 0.25) is 0 Å².